The number of morpholine rings is 1. The second-order valence-electron chi connectivity index (χ2n) is 6.98. The number of carbonyl (C=O) groups is 1. The number of amides is 1. The molecule has 3 rings (SSSR count). The Balaban J connectivity index is 1.70. The van der Waals surface area contributed by atoms with Crippen molar-refractivity contribution < 1.29 is 13.9 Å². The second kappa shape index (κ2) is 7.05. The molecule has 1 aromatic rings. The van der Waals surface area contributed by atoms with Crippen LogP contribution in [0.15, 0.2) is 10.5 Å². The van der Waals surface area contributed by atoms with Crippen LogP contribution in [0.5, 0.6) is 0 Å². The minimum absolute atomic E-state index is 0.0107. The van der Waals surface area contributed by atoms with Crippen molar-refractivity contribution in [3.63, 3.8) is 0 Å². The van der Waals surface area contributed by atoms with Gasteiger partial charge in [-0.25, -0.2) is 0 Å². The van der Waals surface area contributed by atoms with E-state index in [1.807, 2.05) is 24.8 Å². The van der Waals surface area contributed by atoms with Crippen LogP contribution >= 0.6 is 0 Å². The Morgan fingerprint density at radius 2 is 2.17 bits per heavy atom. The van der Waals surface area contributed by atoms with Crippen molar-refractivity contribution in [1.29, 1.82) is 0 Å². The first-order valence-electron chi connectivity index (χ1n) is 8.75. The number of hydrogen-bond acceptors (Lipinski definition) is 4. The third kappa shape index (κ3) is 4.15. The molecule has 0 spiro atoms. The standard InChI is InChI=1S/C18H28N2O3/c1-4-16-13(2)9-17(23-16)18(21)20(10-14-5-6-14)12-15-11-19(3)7-8-22-15/h9,14-15H,4-8,10-12H2,1-3H3. The monoisotopic (exact) mass is 320 g/mol. The maximum Gasteiger partial charge on any atom is 0.289 e. The van der Waals surface area contributed by atoms with Crippen LogP contribution < -0.4 is 0 Å². The minimum Gasteiger partial charge on any atom is -0.456 e. The van der Waals surface area contributed by atoms with E-state index in [9.17, 15) is 4.79 Å². The van der Waals surface area contributed by atoms with E-state index in [1.54, 1.807) is 0 Å². The lowest BCUT2D eigenvalue weighted by molar-refractivity contribution is -0.0334. The summed E-state index contributed by atoms with van der Waals surface area (Å²) in [5, 5.41) is 0. The Bertz CT molecular complexity index is 550. The van der Waals surface area contributed by atoms with Crippen LogP contribution in [0.25, 0.3) is 0 Å². The van der Waals surface area contributed by atoms with Crippen molar-refractivity contribution >= 4 is 5.91 Å². The molecule has 1 unspecified atom stereocenters. The summed E-state index contributed by atoms with van der Waals surface area (Å²) in [7, 11) is 2.10. The van der Waals surface area contributed by atoms with Crippen molar-refractivity contribution in [2.24, 2.45) is 5.92 Å². The molecule has 1 atom stereocenters. The van der Waals surface area contributed by atoms with E-state index in [2.05, 4.69) is 11.9 Å². The second-order valence-corrected chi connectivity index (χ2v) is 6.98. The van der Waals surface area contributed by atoms with Gasteiger partial charge in [-0.1, -0.05) is 6.92 Å². The first kappa shape index (κ1) is 16.5. The molecule has 0 bridgehead atoms. The predicted octanol–water partition coefficient (Wildman–Crippen LogP) is 2.33. The Morgan fingerprint density at radius 1 is 1.39 bits per heavy atom. The maximum absolute atomic E-state index is 12.9. The number of furan rings is 1. The van der Waals surface area contributed by atoms with Crippen LogP contribution in [0.3, 0.4) is 0 Å². The summed E-state index contributed by atoms with van der Waals surface area (Å²) in [4.78, 5) is 17.1. The third-order valence-electron chi connectivity index (χ3n) is 4.78. The molecule has 0 aromatic carbocycles. The summed E-state index contributed by atoms with van der Waals surface area (Å²) in [6.45, 7) is 8.12. The summed E-state index contributed by atoms with van der Waals surface area (Å²) < 4.78 is 11.6. The minimum atomic E-state index is 0.0107. The number of rotatable bonds is 6. The molecule has 1 aromatic heterocycles. The smallest absolute Gasteiger partial charge is 0.289 e. The fraction of sp³-hybridized carbons (Fsp3) is 0.722. The quantitative estimate of drug-likeness (QED) is 0.807. The van der Waals surface area contributed by atoms with Crippen LogP contribution in [0, 0.1) is 12.8 Å². The fourth-order valence-electron chi connectivity index (χ4n) is 3.21. The SMILES string of the molecule is CCc1oc(C(=O)N(CC2CC2)CC2CN(C)CCO2)cc1C. The van der Waals surface area contributed by atoms with E-state index in [0.29, 0.717) is 18.2 Å². The maximum atomic E-state index is 12.9. The largest absolute Gasteiger partial charge is 0.456 e. The summed E-state index contributed by atoms with van der Waals surface area (Å²) in [6, 6.07) is 1.88. The molecular weight excluding hydrogens is 292 g/mol. The van der Waals surface area contributed by atoms with Gasteiger partial charge in [-0.05, 0) is 44.4 Å². The summed E-state index contributed by atoms with van der Waals surface area (Å²) in [5.41, 5.74) is 1.07. The van der Waals surface area contributed by atoms with E-state index in [1.165, 1.54) is 12.8 Å². The average Bonchev–Trinajstić information content (AvgIpc) is 3.26. The van der Waals surface area contributed by atoms with Gasteiger partial charge in [-0.2, -0.15) is 0 Å². The molecule has 2 fully saturated rings. The molecule has 1 saturated heterocycles. The number of nitrogens with zero attached hydrogens (tertiary/aromatic N) is 2. The molecule has 128 valence electrons. The van der Waals surface area contributed by atoms with Crippen molar-refractivity contribution in [2.45, 2.75) is 39.2 Å². The van der Waals surface area contributed by atoms with Gasteiger partial charge in [0.2, 0.25) is 0 Å². The number of aryl methyl sites for hydroxylation is 2. The molecule has 2 heterocycles. The van der Waals surface area contributed by atoms with Gasteiger partial charge < -0.3 is 19.0 Å². The van der Waals surface area contributed by atoms with E-state index in [4.69, 9.17) is 9.15 Å². The lowest BCUT2D eigenvalue weighted by Gasteiger charge is -2.33. The third-order valence-corrected chi connectivity index (χ3v) is 4.78. The zero-order valence-electron chi connectivity index (χ0n) is 14.5. The molecule has 1 aliphatic carbocycles. The van der Waals surface area contributed by atoms with Crippen LogP contribution in [0.2, 0.25) is 0 Å². The van der Waals surface area contributed by atoms with Gasteiger partial charge in [0, 0.05) is 32.6 Å². The fourth-order valence-corrected chi connectivity index (χ4v) is 3.21. The van der Waals surface area contributed by atoms with Crippen molar-refractivity contribution in [3.05, 3.63) is 23.2 Å². The summed E-state index contributed by atoms with van der Waals surface area (Å²) >= 11 is 0. The number of carbonyl (C=O) groups excluding carboxylic acids is 1. The Labute approximate surface area is 138 Å². The molecule has 5 nitrogen and oxygen atoms in total. The first-order chi connectivity index (χ1) is 11.1. The van der Waals surface area contributed by atoms with Gasteiger partial charge in [-0.15, -0.1) is 0 Å². The Morgan fingerprint density at radius 3 is 2.78 bits per heavy atom. The highest BCUT2D eigenvalue weighted by Crippen LogP contribution is 2.30. The molecule has 0 N–H and O–H groups in total. The van der Waals surface area contributed by atoms with Crippen LogP contribution in [-0.2, 0) is 11.2 Å². The highest BCUT2D eigenvalue weighted by Gasteiger charge is 2.31. The zero-order valence-corrected chi connectivity index (χ0v) is 14.5. The van der Waals surface area contributed by atoms with E-state index in [0.717, 1.165) is 44.0 Å². The van der Waals surface area contributed by atoms with Gasteiger partial charge in [0.1, 0.15) is 5.76 Å². The van der Waals surface area contributed by atoms with E-state index >= 15 is 0 Å². The van der Waals surface area contributed by atoms with Gasteiger partial charge in [0.15, 0.2) is 5.76 Å². The number of hydrogen-bond donors (Lipinski definition) is 0. The van der Waals surface area contributed by atoms with Crippen LogP contribution in [-0.4, -0.2) is 61.6 Å². The molecule has 5 heteroatoms. The topological polar surface area (TPSA) is 45.9 Å². The first-order valence-corrected chi connectivity index (χ1v) is 8.75. The summed E-state index contributed by atoms with van der Waals surface area (Å²) in [6.07, 6.45) is 3.37. The van der Waals surface area contributed by atoms with Gasteiger partial charge in [-0.3, -0.25) is 4.79 Å². The summed E-state index contributed by atoms with van der Waals surface area (Å²) in [5.74, 6) is 2.05. The molecular formula is C18H28N2O3. The number of ether oxygens (including phenoxy) is 1. The normalized spacial score (nSPS) is 22.3. The van der Waals surface area contributed by atoms with Gasteiger partial charge >= 0.3 is 0 Å². The lowest BCUT2D eigenvalue weighted by atomic mass is 10.2. The molecule has 1 saturated carbocycles. The van der Waals surface area contributed by atoms with Crippen molar-refractivity contribution in [2.75, 3.05) is 39.8 Å². The number of likely N-dealkylation sites (N-methyl/N-ethyl adjacent to an activating group) is 1. The highest BCUT2D eigenvalue weighted by atomic mass is 16.5. The lowest BCUT2D eigenvalue weighted by Crippen LogP contribution is -2.48. The zero-order chi connectivity index (χ0) is 16.4. The Kier molecular flexibility index (Phi) is 5.07. The van der Waals surface area contributed by atoms with Crippen LogP contribution in [0.1, 0.15) is 41.6 Å². The van der Waals surface area contributed by atoms with Gasteiger partial charge in [0.25, 0.3) is 5.91 Å². The van der Waals surface area contributed by atoms with Crippen LogP contribution in [0.4, 0.5) is 0 Å². The van der Waals surface area contributed by atoms with E-state index < -0.39 is 0 Å². The van der Waals surface area contributed by atoms with Crippen molar-refractivity contribution in [3.8, 4) is 0 Å². The molecule has 23 heavy (non-hydrogen) atoms. The molecule has 1 amide bonds. The predicted molar refractivity (Wildman–Crippen MR) is 88.7 cm³/mol. The average molecular weight is 320 g/mol. The highest BCUT2D eigenvalue weighted by molar-refractivity contribution is 5.91. The molecule has 2 aliphatic rings. The molecule has 0 radical (unpaired) electrons. The van der Waals surface area contributed by atoms with Gasteiger partial charge in [0.05, 0.1) is 12.7 Å². The molecule has 1 aliphatic heterocycles. The van der Waals surface area contributed by atoms with Crippen molar-refractivity contribution in [1.82, 2.24) is 9.80 Å². The Hall–Kier alpha value is -1.33. The van der Waals surface area contributed by atoms with E-state index in [-0.39, 0.29) is 12.0 Å².